The van der Waals surface area contributed by atoms with Crippen LogP contribution < -0.4 is 5.32 Å². The van der Waals surface area contributed by atoms with E-state index in [0.29, 0.717) is 42.8 Å². The van der Waals surface area contributed by atoms with Crippen molar-refractivity contribution in [3.63, 3.8) is 0 Å². The number of hydrogen-bond acceptors (Lipinski definition) is 6. The predicted octanol–water partition coefficient (Wildman–Crippen LogP) is 8.85. The number of ether oxygens (including phenoxy) is 2. The summed E-state index contributed by atoms with van der Waals surface area (Å²) < 4.78 is 16.6. The number of carboxylic acids is 1. The molecule has 8 heteroatoms. The normalized spacial score (nSPS) is 43.4. The average Bonchev–Trinajstić information content (AvgIpc) is 3.80. The number of aromatic nitrogens is 3. The molecule has 0 amide bonds. The number of nitrogens with one attached hydrogen (secondary N) is 1. The Morgan fingerprint density at radius 1 is 1.10 bits per heavy atom. The minimum absolute atomic E-state index is 0.00570. The zero-order valence-corrected chi connectivity index (χ0v) is 34.3. The Bertz CT molecular complexity index is 1580. The van der Waals surface area contributed by atoms with E-state index < -0.39 is 11.9 Å². The van der Waals surface area contributed by atoms with Crippen LogP contribution in [0.3, 0.4) is 0 Å². The fourth-order valence-corrected chi connectivity index (χ4v) is 13.0. The van der Waals surface area contributed by atoms with Gasteiger partial charge in [-0.2, -0.15) is 5.10 Å². The third-order valence-electron chi connectivity index (χ3n) is 17.5. The monoisotopic (exact) mass is 719 g/mol. The van der Waals surface area contributed by atoms with Crippen molar-refractivity contribution < 1.29 is 19.4 Å². The van der Waals surface area contributed by atoms with Gasteiger partial charge in [0.05, 0.1) is 37.9 Å². The van der Waals surface area contributed by atoms with Crippen molar-refractivity contribution in [3.8, 4) is 0 Å². The molecule has 1 aromatic heterocycles. The molecule has 0 radical (unpaired) electrons. The molecular formula is C44H70N4O4. The quantitative estimate of drug-likeness (QED) is 0.221. The second-order valence-corrected chi connectivity index (χ2v) is 20.5. The number of carboxylic acid groups (broad SMARTS) is 1. The summed E-state index contributed by atoms with van der Waals surface area (Å²) in [5.41, 5.74) is 0.0950. The van der Waals surface area contributed by atoms with Crippen LogP contribution in [0.25, 0.3) is 6.08 Å². The van der Waals surface area contributed by atoms with Gasteiger partial charge in [0, 0.05) is 11.0 Å². The molecule has 290 valence electrons. The van der Waals surface area contributed by atoms with Gasteiger partial charge in [-0.05, 0) is 129 Å². The van der Waals surface area contributed by atoms with Gasteiger partial charge in [0.15, 0.2) is 5.82 Å². The highest BCUT2D eigenvalue weighted by Crippen LogP contribution is 2.75. The summed E-state index contributed by atoms with van der Waals surface area (Å²) >= 11 is 0. The molecule has 2 heterocycles. The lowest BCUT2D eigenvalue weighted by molar-refractivity contribution is -0.255. The molecule has 2 bridgehead atoms. The van der Waals surface area contributed by atoms with Gasteiger partial charge in [0.1, 0.15) is 6.33 Å². The Labute approximate surface area is 314 Å². The Kier molecular flexibility index (Phi) is 9.59. The fourth-order valence-electron chi connectivity index (χ4n) is 13.0. The molecule has 8 nitrogen and oxygen atoms in total. The summed E-state index contributed by atoms with van der Waals surface area (Å²) in [5.74, 6) is 2.32. The first kappa shape index (κ1) is 38.3. The zero-order valence-electron chi connectivity index (χ0n) is 34.3. The minimum Gasteiger partial charge on any atom is -0.481 e. The number of nitrogens with zero attached hydrogens (tertiary/aromatic N) is 3. The third kappa shape index (κ3) is 5.48. The van der Waals surface area contributed by atoms with E-state index in [1.54, 1.807) is 6.33 Å². The van der Waals surface area contributed by atoms with Crippen molar-refractivity contribution in [2.45, 2.75) is 138 Å². The second-order valence-electron chi connectivity index (χ2n) is 20.5. The maximum atomic E-state index is 13.6. The zero-order chi connectivity index (χ0) is 37.6. The van der Waals surface area contributed by atoms with Gasteiger partial charge in [0.2, 0.25) is 0 Å². The van der Waals surface area contributed by atoms with Crippen molar-refractivity contribution >= 4 is 12.0 Å². The maximum absolute atomic E-state index is 13.6. The van der Waals surface area contributed by atoms with Gasteiger partial charge in [0.25, 0.3) is 0 Å². The highest BCUT2D eigenvalue weighted by Gasteiger charge is 2.72. The molecule has 0 aromatic carbocycles. The van der Waals surface area contributed by atoms with Gasteiger partial charge >= 0.3 is 5.97 Å². The van der Waals surface area contributed by atoms with Gasteiger partial charge in [-0.1, -0.05) is 80.0 Å². The van der Waals surface area contributed by atoms with E-state index in [2.05, 4.69) is 105 Å². The molecule has 1 aromatic rings. The van der Waals surface area contributed by atoms with Crippen molar-refractivity contribution in [3.05, 3.63) is 29.9 Å². The topological polar surface area (TPSA) is 98.5 Å². The summed E-state index contributed by atoms with van der Waals surface area (Å²) in [6.07, 6.45) is 17.0. The standard InChI is InChI=1S/C44H70N4O4/c1-27(2)29(5)40(7)20-21-41(8)31-15-16-34-39(6)22-33(48-35(46-26-47-48)17-14-30-12-13-30)37(52-24-43(10,45-11)28(3)4)44(34,25-51-23-39)32(31)18-19-42(41,9)36(40)38(49)50/h14,17-18,26-31,33-34,36-37,45H,12-13,15-16,19-25H2,1-11H3,(H,49,50)/t29-,31+,33-,34-,36-,37+,39-,40-,41-,42+,43+,44+/m1/s1. The van der Waals surface area contributed by atoms with Crippen molar-refractivity contribution in [1.82, 2.24) is 20.1 Å². The number of carbonyl (C=O) groups is 1. The van der Waals surface area contributed by atoms with Crippen molar-refractivity contribution in [1.29, 1.82) is 0 Å². The van der Waals surface area contributed by atoms with Crippen LogP contribution in [0, 0.1) is 68.5 Å². The van der Waals surface area contributed by atoms with E-state index in [1.807, 2.05) is 0 Å². The molecule has 0 unspecified atom stereocenters. The fraction of sp³-hybridized carbons (Fsp3) is 0.841. The number of hydrogen-bond donors (Lipinski definition) is 2. The molecular weight excluding hydrogens is 649 g/mol. The predicted molar refractivity (Wildman–Crippen MR) is 206 cm³/mol. The summed E-state index contributed by atoms with van der Waals surface area (Å²) in [6, 6.07) is -0.00570. The number of rotatable bonds is 11. The molecule has 5 aliphatic carbocycles. The molecule has 2 N–H and O–H groups in total. The van der Waals surface area contributed by atoms with E-state index in [9.17, 15) is 9.90 Å². The average molecular weight is 719 g/mol. The molecule has 52 heavy (non-hydrogen) atoms. The van der Waals surface area contributed by atoms with Crippen LogP contribution in [0.15, 0.2) is 24.1 Å². The van der Waals surface area contributed by atoms with Gasteiger partial charge in [-0.3, -0.25) is 4.79 Å². The van der Waals surface area contributed by atoms with Crippen molar-refractivity contribution in [2.75, 3.05) is 26.9 Å². The highest BCUT2D eigenvalue weighted by molar-refractivity contribution is 5.73. The first-order chi connectivity index (χ1) is 24.4. The van der Waals surface area contributed by atoms with Crippen LogP contribution >= 0.6 is 0 Å². The van der Waals surface area contributed by atoms with E-state index in [0.717, 1.165) is 51.0 Å². The van der Waals surface area contributed by atoms with Crippen LogP contribution in [0.1, 0.15) is 132 Å². The minimum atomic E-state index is -0.613. The summed E-state index contributed by atoms with van der Waals surface area (Å²) in [7, 11) is 2.06. The Balaban J connectivity index is 1.38. The van der Waals surface area contributed by atoms with Gasteiger partial charge in [-0.15, -0.1) is 0 Å². The Hall–Kier alpha value is -2.03. The molecule has 0 spiro atoms. The summed E-state index contributed by atoms with van der Waals surface area (Å²) in [6.45, 7) is 25.2. The summed E-state index contributed by atoms with van der Waals surface area (Å²) in [4.78, 5) is 18.4. The molecule has 4 saturated carbocycles. The van der Waals surface area contributed by atoms with E-state index >= 15 is 0 Å². The molecule has 6 aliphatic rings. The van der Waals surface area contributed by atoms with Crippen LogP contribution in [-0.2, 0) is 14.3 Å². The second kappa shape index (κ2) is 13.0. The lowest BCUT2D eigenvalue weighted by Crippen LogP contribution is -2.70. The maximum Gasteiger partial charge on any atom is 0.307 e. The SMILES string of the molecule is CN[C@@](C)(CO[C@H]1[C@H](n2ncnc2C=CC2CC2)C[C@]2(C)COC[C@@]13C1=CC[C@@]4(C)[C@H](C(=O)O)[C@@](C)([C@H](C)C(C)C)CC[C@]4(C)[C@H]1CC[C@H]23)C(C)C. The lowest BCUT2D eigenvalue weighted by Gasteiger charge is -2.71. The number of fused-ring (bicyclic) bond motifs is 3. The van der Waals surface area contributed by atoms with E-state index in [-0.39, 0.29) is 50.7 Å². The molecule has 1 saturated heterocycles. The Morgan fingerprint density at radius 2 is 1.83 bits per heavy atom. The first-order valence-corrected chi connectivity index (χ1v) is 20.8. The third-order valence-corrected chi connectivity index (χ3v) is 17.5. The largest absolute Gasteiger partial charge is 0.481 e. The first-order valence-electron chi connectivity index (χ1n) is 20.8. The van der Waals surface area contributed by atoms with Crippen LogP contribution in [0.5, 0.6) is 0 Å². The van der Waals surface area contributed by atoms with Crippen LogP contribution in [0.4, 0.5) is 0 Å². The van der Waals surface area contributed by atoms with Crippen LogP contribution in [-0.4, -0.2) is 64.4 Å². The van der Waals surface area contributed by atoms with Gasteiger partial charge < -0.3 is 19.9 Å². The van der Waals surface area contributed by atoms with Crippen molar-refractivity contribution in [2.24, 2.45) is 68.5 Å². The number of aliphatic carboxylic acids is 1. The van der Waals surface area contributed by atoms with E-state index in [1.165, 1.54) is 18.4 Å². The molecule has 12 atom stereocenters. The highest BCUT2D eigenvalue weighted by atomic mass is 16.5. The molecule has 5 fully saturated rings. The van der Waals surface area contributed by atoms with Gasteiger partial charge in [-0.25, -0.2) is 9.67 Å². The van der Waals surface area contributed by atoms with Crippen LogP contribution in [0.2, 0.25) is 0 Å². The Morgan fingerprint density at radius 3 is 2.46 bits per heavy atom. The summed E-state index contributed by atoms with van der Waals surface area (Å²) in [5, 5.41) is 19.8. The molecule has 1 aliphatic heterocycles. The molecule has 7 rings (SSSR count). The van der Waals surface area contributed by atoms with E-state index in [4.69, 9.17) is 19.6 Å². The smallest absolute Gasteiger partial charge is 0.307 e. The number of likely N-dealkylation sites (N-methyl/N-ethyl adjacent to an activating group) is 1. The number of allylic oxidation sites excluding steroid dienone is 2. The lowest BCUT2D eigenvalue weighted by atomic mass is 9.34.